The molecule has 1 rings (SSSR count). The average molecular weight is 353 g/mol. The lowest BCUT2D eigenvalue weighted by atomic mass is 10.2. The summed E-state index contributed by atoms with van der Waals surface area (Å²) in [4.78, 5) is 11.7. The van der Waals surface area contributed by atoms with E-state index in [1.54, 1.807) is 26.8 Å². The topological polar surface area (TPSA) is 72.5 Å². The van der Waals surface area contributed by atoms with E-state index >= 15 is 0 Å². The molecule has 0 aliphatic rings. The Bertz CT molecular complexity index is 655. The Hall–Kier alpha value is -1.82. The highest BCUT2D eigenvalue weighted by Crippen LogP contribution is 2.15. The first-order chi connectivity index (χ1) is 11.2. The highest BCUT2D eigenvalue weighted by molar-refractivity contribution is 7.92. The molecule has 0 aromatic heterocycles. The van der Waals surface area contributed by atoms with E-state index in [0.29, 0.717) is 6.61 Å². The van der Waals surface area contributed by atoms with Crippen molar-refractivity contribution >= 4 is 21.8 Å². The molecule has 0 bridgehead atoms. The predicted octanol–water partition coefficient (Wildman–Crippen LogP) is 2.82. The molecule has 1 aromatic rings. The summed E-state index contributed by atoms with van der Waals surface area (Å²) in [6.45, 7) is 7.78. The Balaban J connectivity index is 2.46. The number of rotatable bonds is 8. The van der Waals surface area contributed by atoms with Crippen molar-refractivity contribution in [1.82, 2.24) is 5.32 Å². The number of ether oxygens (including phenoxy) is 1. The molecule has 0 aliphatic heterocycles. The number of carbonyl (C=O) groups is 1. The molecule has 0 saturated heterocycles. The maximum Gasteiger partial charge on any atom is 0.244 e. The van der Waals surface area contributed by atoms with Gasteiger partial charge in [0.15, 0.2) is 9.84 Å². The van der Waals surface area contributed by atoms with E-state index in [2.05, 4.69) is 5.32 Å². The lowest BCUT2D eigenvalue weighted by molar-refractivity contribution is -0.116. The molecule has 0 atom stereocenters. The maximum absolute atomic E-state index is 11.9. The number of carbonyl (C=O) groups excluding carboxylic acids is 1. The molecule has 0 aliphatic carbocycles. The van der Waals surface area contributed by atoms with Gasteiger partial charge in [-0.25, -0.2) is 8.42 Å². The van der Waals surface area contributed by atoms with Gasteiger partial charge in [-0.15, -0.1) is 0 Å². The van der Waals surface area contributed by atoms with Crippen LogP contribution in [0.5, 0.6) is 5.75 Å². The molecule has 0 saturated carbocycles. The first-order valence-corrected chi connectivity index (χ1v) is 9.72. The summed E-state index contributed by atoms with van der Waals surface area (Å²) >= 11 is 0. The van der Waals surface area contributed by atoms with Crippen LogP contribution in [0.3, 0.4) is 0 Å². The van der Waals surface area contributed by atoms with Gasteiger partial charge >= 0.3 is 0 Å². The Labute approximate surface area is 145 Å². The Morgan fingerprint density at radius 2 is 1.83 bits per heavy atom. The van der Waals surface area contributed by atoms with Gasteiger partial charge in [0.05, 0.1) is 17.1 Å². The smallest absolute Gasteiger partial charge is 0.244 e. The van der Waals surface area contributed by atoms with Gasteiger partial charge in [-0.2, -0.15) is 0 Å². The highest BCUT2D eigenvalue weighted by atomic mass is 32.2. The van der Waals surface area contributed by atoms with Crippen molar-refractivity contribution in [2.24, 2.45) is 0 Å². The van der Waals surface area contributed by atoms with Crippen molar-refractivity contribution in [3.05, 3.63) is 35.9 Å². The molecule has 134 valence electrons. The van der Waals surface area contributed by atoms with Crippen LogP contribution in [0.1, 0.15) is 39.7 Å². The van der Waals surface area contributed by atoms with Crippen LogP contribution in [-0.2, 0) is 14.6 Å². The lowest BCUT2D eigenvalue weighted by Gasteiger charge is -2.18. The van der Waals surface area contributed by atoms with Gasteiger partial charge in [-0.05, 0) is 51.0 Å². The lowest BCUT2D eigenvalue weighted by Crippen LogP contribution is -2.36. The third-order valence-corrected chi connectivity index (χ3v) is 5.99. The number of benzene rings is 1. The number of nitrogens with one attached hydrogen (secondary N) is 1. The molecule has 0 spiro atoms. The first kappa shape index (κ1) is 20.2. The summed E-state index contributed by atoms with van der Waals surface area (Å²) in [5.41, 5.74) is 0.872. The summed E-state index contributed by atoms with van der Waals surface area (Å²) in [5.74, 6) is 0.413. The normalized spacial score (nSPS) is 12.3. The molecule has 0 radical (unpaired) electrons. The SMILES string of the molecule is CCCOc1ccc(/C=C/C(=O)NCCS(=O)(=O)C(C)(C)C)cc1. The monoisotopic (exact) mass is 353 g/mol. The van der Waals surface area contributed by atoms with Crippen LogP contribution in [0.4, 0.5) is 0 Å². The fourth-order valence-electron chi connectivity index (χ4n) is 1.74. The molecular formula is C18H27NO4S. The van der Waals surface area contributed by atoms with Crippen molar-refractivity contribution < 1.29 is 17.9 Å². The standard InChI is InChI=1S/C18H27NO4S/c1-5-13-23-16-9-6-15(7-10-16)8-11-17(20)19-12-14-24(21,22)18(2,3)4/h6-11H,5,12-14H2,1-4H3,(H,19,20)/b11-8+. The van der Waals surface area contributed by atoms with E-state index in [9.17, 15) is 13.2 Å². The first-order valence-electron chi connectivity index (χ1n) is 8.07. The Morgan fingerprint density at radius 3 is 2.38 bits per heavy atom. The average Bonchev–Trinajstić information content (AvgIpc) is 2.50. The van der Waals surface area contributed by atoms with Gasteiger partial charge in [-0.1, -0.05) is 19.1 Å². The molecule has 1 N–H and O–H groups in total. The molecule has 5 nitrogen and oxygen atoms in total. The molecule has 0 unspecified atom stereocenters. The molecule has 0 fully saturated rings. The van der Waals surface area contributed by atoms with E-state index in [1.165, 1.54) is 6.08 Å². The maximum atomic E-state index is 11.9. The largest absolute Gasteiger partial charge is 0.494 e. The zero-order valence-corrected chi connectivity index (χ0v) is 15.7. The number of sulfone groups is 1. The van der Waals surface area contributed by atoms with Gasteiger partial charge in [-0.3, -0.25) is 4.79 Å². The molecule has 1 aromatic carbocycles. The van der Waals surface area contributed by atoms with Crippen LogP contribution in [-0.4, -0.2) is 38.0 Å². The number of hydrogen-bond acceptors (Lipinski definition) is 4. The van der Waals surface area contributed by atoms with E-state index in [-0.39, 0.29) is 18.2 Å². The molecule has 24 heavy (non-hydrogen) atoms. The van der Waals surface area contributed by atoms with E-state index in [1.807, 2.05) is 31.2 Å². The third-order valence-electron chi connectivity index (χ3n) is 3.38. The van der Waals surface area contributed by atoms with Gasteiger partial charge in [0.25, 0.3) is 0 Å². The molecule has 1 amide bonds. The van der Waals surface area contributed by atoms with Crippen LogP contribution < -0.4 is 10.1 Å². The Morgan fingerprint density at radius 1 is 1.21 bits per heavy atom. The van der Waals surface area contributed by atoms with Gasteiger partial charge in [0, 0.05) is 12.6 Å². The molecule has 6 heteroatoms. The van der Waals surface area contributed by atoms with Crippen molar-refractivity contribution in [2.75, 3.05) is 18.9 Å². The minimum absolute atomic E-state index is 0.0699. The Kier molecular flexibility index (Phi) is 7.48. The second kappa shape index (κ2) is 8.87. The summed E-state index contributed by atoms with van der Waals surface area (Å²) in [6, 6.07) is 7.42. The van der Waals surface area contributed by atoms with Crippen molar-refractivity contribution in [3.63, 3.8) is 0 Å². The summed E-state index contributed by atoms with van der Waals surface area (Å²) in [7, 11) is -3.23. The van der Waals surface area contributed by atoms with E-state index < -0.39 is 14.6 Å². The second-order valence-corrected chi connectivity index (χ2v) is 9.34. The quantitative estimate of drug-likeness (QED) is 0.730. The van der Waals surface area contributed by atoms with Crippen molar-refractivity contribution in [3.8, 4) is 5.75 Å². The predicted molar refractivity (Wildman–Crippen MR) is 97.8 cm³/mol. The fraction of sp³-hybridized carbons (Fsp3) is 0.500. The minimum Gasteiger partial charge on any atom is -0.494 e. The van der Waals surface area contributed by atoms with Gasteiger partial charge in [0.2, 0.25) is 5.91 Å². The summed E-state index contributed by atoms with van der Waals surface area (Å²) < 4.78 is 28.6. The van der Waals surface area contributed by atoms with Gasteiger partial charge < -0.3 is 10.1 Å². The van der Waals surface area contributed by atoms with Crippen LogP contribution in [0.2, 0.25) is 0 Å². The van der Waals surface area contributed by atoms with E-state index in [0.717, 1.165) is 17.7 Å². The molecular weight excluding hydrogens is 326 g/mol. The van der Waals surface area contributed by atoms with Gasteiger partial charge in [0.1, 0.15) is 5.75 Å². The minimum atomic E-state index is -3.23. The van der Waals surface area contributed by atoms with Crippen LogP contribution in [0.25, 0.3) is 6.08 Å². The van der Waals surface area contributed by atoms with E-state index in [4.69, 9.17) is 4.74 Å². The second-order valence-electron chi connectivity index (χ2n) is 6.47. The summed E-state index contributed by atoms with van der Waals surface area (Å²) in [5, 5.41) is 2.59. The zero-order valence-electron chi connectivity index (χ0n) is 14.8. The van der Waals surface area contributed by atoms with Crippen molar-refractivity contribution in [1.29, 1.82) is 0 Å². The number of amides is 1. The third kappa shape index (κ3) is 6.74. The highest BCUT2D eigenvalue weighted by Gasteiger charge is 2.28. The fourth-order valence-corrected chi connectivity index (χ4v) is 2.72. The molecule has 0 heterocycles. The van der Waals surface area contributed by atoms with Crippen LogP contribution >= 0.6 is 0 Å². The van der Waals surface area contributed by atoms with Crippen molar-refractivity contribution in [2.45, 2.75) is 38.9 Å². The van der Waals surface area contributed by atoms with Crippen LogP contribution in [0.15, 0.2) is 30.3 Å². The zero-order chi connectivity index (χ0) is 18.2. The summed E-state index contributed by atoms with van der Waals surface area (Å²) in [6.07, 6.45) is 4.02. The van der Waals surface area contributed by atoms with Crippen LogP contribution in [0, 0.1) is 0 Å². The number of hydrogen-bond donors (Lipinski definition) is 1.